The van der Waals surface area contributed by atoms with Gasteiger partial charge < -0.3 is 20.2 Å². The molecule has 12 heavy (non-hydrogen) atoms. The molecule has 4 heteroatoms. The number of hydrogen-bond donors (Lipinski definition) is 3. The predicted octanol–water partition coefficient (Wildman–Crippen LogP) is -1.20. The molecule has 0 aromatic rings. The molecule has 1 rings (SSSR count). The summed E-state index contributed by atoms with van der Waals surface area (Å²) in [6.07, 6.45) is 1.20. The van der Waals surface area contributed by atoms with Gasteiger partial charge in [0.05, 0.1) is 18.8 Å². The number of likely N-dealkylation sites (tertiary alicyclic amines) is 1. The van der Waals surface area contributed by atoms with Crippen LogP contribution in [-0.2, 0) is 0 Å². The van der Waals surface area contributed by atoms with Gasteiger partial charge in [-0.1, -0.05) is 0 Å². The highest BCUT2D eigenvalue weighted by Crippen LogP contribution is 2.20. The lowest BCUT2D eigenvalue weighted by Gasteiger charge is -2.36. The SMILES string of the molecule is OCCN1CCC(O)(CO)CC1. The lowest BCUT2D eigenvalue weighted by Crippen LogP contribution is -2.47. The number of aliphatic hydroxyl groups is 3. The molecule has 1 aliphatic heterocycles. The van der Waals surface area contributed by atoms with Crippen LogP contribution in [0.3, 0.4) is 0 Å². The number of β-amino-alcohol motifs (C(OH)–C–C–N with tert-alkyl or cyclic N) is 1. The monoisotopic (exact) mass is 175 g/mol. The molecular formula is C8H17NO3. The smallest absolute Gasteiger partial charge is 0.0901 e. The second-order valence-corrected chi connectivity index (χ2v) is 3.45. The van der Waals surface area contributed by atoms with Crippen LogP contribution in [0.5, 0.6) is 0 Å². The van der Waals surface area contributed by atoms with Gasteiger partial charge >= 0.3 is 0 Å². The van der Waals surface area contributed by atoms with Gasteiger partial charge in [-0.3, -0.25) is 0 Å². The second kappa shape index (κ2) is 4.18. The van der Waals surface area contributed by atoms with Gasteiger partial charge in [-0.05, 0) is 12.8 Å². The van der Waals surface area contributed by atoms with Gasteiger partial charge in [0, 0.05) is 19.6 Å². The van der Waals surface area contributed by atoms with E-state index in [4.69, 9.17) is 10.2 Å². The van der Waals surface area contributed by atoms with E-state index in [1.807, 2.05) is 0 Å². The van der Waals surface area contributed by atoms with Crippen molar-refractivity contribution in [2.24, 2.45) is 0 Å². The molecule has 1 fully saturated rings. The van der Waals surface area contributed by atoms with Crippen molar-refractivity contribution in [2.75, 3.05) is 32.8 Å². The molecule has 0 radical (unpaired) electrons. The summed E-state index contributed by atoms with van der Waals surface area (Å²) in [6.45, 7) is 2.20. The first-order valence-corrected chi connectivity index (χ1v) is 4.37. The third kappa shape index (κ3) is 2.42. The maximum absolute atomic E-state index is 9.63. The molecule has 0 unspecified atom stereocenters. The Morgan fingerprint density at radius 3 is 2.17 bits per heavy atom. The largest absolute Gasteiger partial charge is 0.395 e. The van der Waals surface area contributed by atoms with Crippen LogP contribution in [0, 0.1) is 0 Å². The first-order chi connectivity index (χ1) is 5.70. The van der Waals surface area contributed by atoms with E-state index >= 15 is 0 Å². The lowest BCUT2D eigenvalue weighted by atomic mass is 9.92. The topological polar surface area (TPSA) is 63.9 Å². The van der Waals surface area contributed by atoms with Crippen molar-refractivity contribution in [1.82, 2.24) is 4.90 Å². The summed E-state index contributed by atoms with van der Waals surface area (Å²) < 4.78 is 0. The second-order valence-electron chi connectivity index (χ2n) is 3.45. The molecule has 1 saturated heterocycles. The Morgan fingerprint density at radius 2 is 1.75 bits per heavy atom. The first-order valence-electron chi connectivity index (χ1n) is 4.37. The number of rotatable bonds is 3. The molecule has 1 aliphatic rings. The number of piperidine rings is 1. The minimum atomic E-state index is -0.869. The van der Waals surface area contributed by atoms with Gasteiger partial charge in [0.15, 0.2) is 0 Å². The van der Waals surface area contributed by atoms with Crippen LogP contribution in [0.2, 0.25) is 0 Å². The van der Waals surface area contributed by atoms with Crippen LogP contribution in [-0.4, -0.2) is 58.7 Å². The van der Waals surface area contributed by atoms with E-state index in [1.54, 1.807) is 0 Å². The van der Waals surface area contributed by atoms with Gasteiger partial charge in [0.2, 0.25) is 0 Å². The van der Waals surface area contributed by atoms with Crippen molar-refractivity contribution in [3.05, 3.63) is 0 Å². The zero-order chi connectivity index (χ0) is 9.03. The van der Waals surface area contributed by atoms with Crippen molar-refractivity contribution >= 4 is 0 Å². The fourth-order valence-electron chi connectivity index (χ4n) is 1.49. The average Bonchev–Trinajstić information content (AvgIpc) is 2.10. The van der Waals surface area contributed by atoms with E-state index in [-0.39, 0.29) is 13.2 Å². The Balaban J connectivity index is 2.29. The lowest BCUT2D eigenvalue weighted by molar-refractivity contribution is -0.0608. The van der Waals surface area contributed by atoms with Crippen LogP contribution in [0.15, 0.2) is 0 Å². The number of hydrogen-bond acceptors (Lipinski definition) is 4. The van der Waals surface area contributed by atoms with Gasteiger partial charge in [-0.2, -0.15) is 0 Å². The summed E-state index contributed by atoms with van der Waals surface area (Å²) in [5.74, 6) is 0. The van der Waals surface area contributed by atoms with E-state index in [0.717, 1.165) is 13.1 Å². The Hall–Kier alpha value is -0.160. The fourth-order valence-corrected chi connectivity index (χ4v) is 1.49. The molecule has 0 atom stereocenters. The Bertz CT molecular complexity index is 132. The summed E-state index contributed by atoms with van der Waals surface area (Å²) >= 11 is 0. The van der Waals surface area contributed by atoms with Crippen LogP contribution >= 0.6 is 0 Å². The maximum atomic E-state index is 9.63. The summed E-state index contributed by atoms with van der Waals surface area (Å²) in [7, 11) is 0. The highest BCUT2D eigenvalue weighted by Gasteiger charge is 2.30. The van der Waals surface area contributed by atoms with E-state index in [9.17, 15) is 5.11 Å². The molecule has 0 aromatic heterocycles. The molecule has 0 aromatic carbocycles. The third-order valence-electron chi connectivity index (χ3n) is 2.50. The highest BCUT2D eigenvalue weighted by molar-refractivity contribution is 4.84. The molecule has 4 nitrogen and oxygen atoms in total. The first kappa shape index (κ1) is 9.92. The third-order valence-corrected chi connectivity index (χ3v) is 2.50. The molecule has 0 aliphatic carbocycles. The quantitative estimate of drug-likeness (QED) is 0.504. The van der Waals surface area contributed by atoms with Crippen LogP contribution in [0.25, 0.3) is 0 Å². The van der Waals surface area contributed by atoms with E-state index in [0.29, 0.717) is 19.4 Å². The zero-order valence-corrected chi connectivity index (χ0v) is 7.24. The van der Waals surface area contributed by atoms with Crippen LogP contribution in [0.1, 0.15) is 12.8 Å². The maximum Gasteiger partial charge on any atom is 0.0901 e. The minimum Gasteiger partial charge on any atom is -0.395 e. The molecular weight excluding hydrogens is 158 g/mol. The molecule has 3 N–H and O–H groups in total. The van der Waals surface area contributed by atoms with Gasteiger partial charge in [0.25, 0.3) is 0 Å². The van der Waals surface area contributed by atoms with Crippen molar-refractivity contribution in [3.8, 4) is 0 Å². The van der Waals surface area contributed by atoms with Gasteiger partial charge in [-0.15, -0.1) is 0 Å². The van der Waals surface area contributed by atoms with Crippen molar-refractivity contribution in [1.29, 1.82) is 0 Å². The molecule has 0 spiro atoms. The average molecular weight is 175 g/mol. The Kier molecular flexibility index (Phi) is 3.46. The molecule has 0 bridgehead atoms. The van der Waals surface area contributed by atoms with Crippen molar-refractivity contribution in [2.45, 2.75) is 18.4 Å². The fraction of sp³-hybridized carbons (Fsp3) is 1.00. The normalized spacial score (nSPS) is 24.2. The standard InChI is InChI=1S/C8H17NO3/c10-6-5-9-3-1-8(12,7-11)2-4-9/h10-12H,1-7H2. The Morgan fingerprint density at radius 1 is 1.17 bits per heavy atom. The number of nitrogens with zero attached hydrogens (tertiary/aromatic N) is 1. The molecule has 0 saturated carbocycles. The van der Waals surface area contributed by atoms with E-state index in [1.165, 1.54) is 0 Å². The predicted molar refractivity (Wildman–Crippen MR) is 44.8 cm³/mol. The van der Waals surface area contributed by atoms with E-state index < -0.39 is 5.60 Å². The Labute approximate surface area is 72.4 Å². The zero-order valence-electron chi connectivity index (χ0n) is 7.24. The molecule has 72 valence electrons. The highest BCUT2D eigenvalue weighted by atomic mass is 16.3. The summed E-state index contributed by atoms with van der Waals surface area (Å²) in [5, 5.41) is 27.1. The van der Waals surface area contributed by atoms with Crippen molar-refractivity contribution < 1.29 is 15.3 Å². The minimum absolute atomic E-state index is 0.153. The van der Waals surface area contributed by atoms with Gasteiger partial charge in [0.1, 0.15) is 0 Å². The summed E-state index contributed by atoms with van der Waals surface area (Å²) in [6, 6.07) is 0. The van der Waals surface area contributed by atoms with Gasteiger partial charge in [-0.25, -0.2) is 0 Å². The number of aliphatic hydroxyl groups excluding tert-OH is 2. The molecule has 0 amide bonds. The summed E-state index contributed by atoms with van der Waals surface area (Å²) in [4.78, 5) is 2.09. The van der Waals surface area contributed by atoms with Crippen molar-refractivity contribution in [3.63, 3.8) is 0 Å². The van der Waals surface area contributed by atoms with E-state index in [2.05, 4.69) is 4.90 Å². The van der Waals surface area contributed by atoms with Crippen LogP contribution < -0.4 is 0 Å². The summed E-state index contributed by atoms with van der Waals surface area (Å²) in [5.41, 5.74) is -0.869. The van der Waals surface area contributed by atoms with Crippen LogP contribution in [0.4, 0.5) is 0 Å². The molecule has 1 heterocycles.